The molecule has 0 aliphatic heterocycles. The summed E-state index contributed by atoms with van der Waals surface area (Å²) in [6, 6.07) is 0. The Kier molecular flexibility index (Phi) is 65.6. The van der Waals surface area contributed by atoms with Crippen molar-refractivity contribution in [2.75, 3.05) is 47.5 Å². The molecule has 1 N–H and O–H groups in total. The van der Waals surface area contributed by atoms with E-state index in [1.165, 1.54) is 231 Å². The monoisotopic (exact) mass is 1220 g/mol. The highest BCUT2D eigenvalue weighted by molar-refractivity contribution is 5.71. The largest absolute Gasteiger partial charge is 0.477 e. The number of carbonyl (C=O) groups excluding carboxylic acids is 2. The van der Waals surface area contributed by atoms with E-state index in [0.717, 1.165) is 77.0 Å². The zero-order chi connectivity index (χ0) is 63.3. The van der Waals surface area contributed by atoms with Gasteiger partial charge >= 0.3 is 17.9 Å². The van der Waals surface area contributed by atoms with Crippen LogP contribution < -0.4 is 0 Å². The lowest BCUT2D eigenvalue weighted by molar-refractivity contribution is -0.870. The minimum atomic E-state index is -1.51. The minimum absolute atomic E-state index is 0.181. The number of unbranched alkanes of at least 4 members (excludes halogenated alkanes) is 39. The van der Waals surface area contributed by atoms with Crippen LogP contribution in [0.2, 0.25) is 0 Å². The molecule has 87 heavy (non-hydrogen) atoms. The van der Waals surface area contributed by atoms with Gasteiger partial charge in [0.1, 0.15) is 13.2 Å². The summed E-state index contributed by atoms with van der Waals surface area (Å²) in [4.78, 5) is 37.7. The van der Waals surface area contributed by atoms with Crippen molar-refractivity contribution in [1.82, 2.24) is 0 Å². The second-order valence-electron chi connectivity index (χ2n) is 25.9. The fraction of sp³-hybridized carbons (Fsp3) is 0.782. The van der Waals surface area contributed by atoms with E-state index >= 15 is 0 Å². The molecule has 0 saturated carbocycles. The average Bonchev–Trinajstić information content (AvgIpc) is 3.57. The molecule has 0 aromatic carbocycles. The third kappa shape index (κ3) is 69.8. The molecule has 9 heteroatoms. The number of hydrogen-bond donors (Lipinski definition) is 1. The molecular weight excluding hydrogens is 1080 g/mol. The van der Waals surface area contributed by atoms with Crippen LogP contribution in [0.25, 0.3) is 0 Å². The van der Waals surface area contributed by atoms with Crippen molar-refractivity contribution >= 4 is 17.9 Å². The molecule has 0 bridgehead atoms. The fourth-order valence-electron chi connectivity index (χ4n) is 10.5. The van der Waals surface area contributed by atoms with Crippen LogP contribution in [0.5, 0.6) is 0 Å². The second kappa shape index (κ2) is 68.4. The highest BCUT2D eigenvalue weighted by Gasteiger charge is 2.25. The Balaban J connectivity index is 4.03. The van der Waals surface area contributed by atoms with E-state index in [2.05, 4.69) is 98.9 Å². The Morgan fingerprint density at radius 3 is 0.977 bits per heavy atom. The summed E-state index contributed by atoms with van der Waals surface area (Å²) in [6.45, 7) is 4.80. The molecule has 0 aliphatic rings. The molecule has 0 aromatic heterocycles. The lowest BCUT2D eigenvalue weighted by Crippen LogP contribution is -2.40. The zero-order valence-electron chi connectivity index (χ0n) is 57.7. The van der Waals surface area contributed by atoms with E-state index < -0.39 is 18.4 Å². The van der Waals surface area contributed by atoms with E-state index in [-0.39, 0.29) is 38.2 Å². The van der Waals surface area contributed by atoms with E-state index in [4.69, 9.17) is 18.9 Å². The first-order chi connectivity index (χ1) is 42.6. The van der Waals surface area contributed by atoms with Gasteiger partial charge in [-0.1, -0.05) is 317 Å². The van der Waals surface area contributed by atoms with E-state index in [9.17, 15) is 19.5 Å². The maximum atomic E-state index is 13.0. The fourth-order valence-corrected chi connectivity index (χ4v) is 10.5. The Morgan fingerprint density at radius 1 is 0.356 bits per heavy atom. The predicted molar refractivity (Wildman–Crippen MR) is 373 cm³/mol. The van der Waals surface area contributed by atoms with Crippen molar-refractivity contribution in [2.24, 2.45) is 0 Å². The number of likely N-dealkylation sites (N-methyl/N-ethyl adjacent to an activating group) is 1. The number of hydrogen-bond acceptors (Lipinski definition) is 7. The number of ether oxygens (including phenoxy) is 4. The van der Waals surface area contributed by atoms with Gasteiger partial charge < -0.3 is 28.5 Å². The van der Waals surface area contributed by atoms with Crippen molar-refractivity contribution in [2.45, 2.75) is 347 Å². The van der Waals surface area contributed by atoms with Crippen LogP contribution in [0.15, 0.2) is 85.1 Å². The van der Waals surface area contributed by atoms with E-state index in [1.54, 1.807) is 0 Å². The van der Waals surface area contributed by atoms with Gasteiger partial charge in [-0.2, -0.15) is 0 Å². The number of carbonyl (C=O) groups is 3. The van der Waals surface area contributed by atoms with Crippen molar-refractivity contribution in [3.8, 4) is 0 Å². The normalized spacial score (nSPS) is 13.2. The van der Waals surface area contributed by atoms with Gasteiger partial charge in [-0.3, -0.25) is 9.59 Å². The lowest BCUT2D eigenvalue weighted by Gasteiger charge is -2.25. The molecule has 0 spiro atoms. The highest BCUT2D eigenvalue weighted by atomic mass is 16.7. The number of carboxylic acids is 1. The average molecular weight is 1220 g/mol. The predicted octanol–water partition coefficient (Wildman–Crippen LogP) is 23.0. The van der Waals surface area contributed by atoms with Crippen LogP contribution in [-0.4, -0.2) is 87.4 Å². The third-order valence-corrected chi connectivity index (χ3v) is 16.1. The van der Waals surface area contributed by atoms with Gasteiger partial charge in [0.25, 0.3) is 6.29 Å². The van der Waals surface area contributed by atoms with Crippen molar-refractivity contribution in [1.29, 1.82) is 0 Å². The van der Waals surface area contributed by atoms with Crippen LogP contribution >= 0.6 is 0 Å². The number of aliphatic carboxylic acids is 1. The number of nitrogens with zero attached hydrogens (tertiary/aromatic N) is 1. The topological polar surface area (TPSA) is 108 Å². The molecule has 0 aliphatic carbocycles. The molecule has 0 fully saturated rings. The number of esters is 2. The SMILES string of the molecule is CC/C=C\C/C=C\C/C=C\C/C=C\C/C=C\CCCCCCCCCCCCCCCCCCCCCCCC(=O)OC(COC(=O)CCCCCCCCCCCCCCC/C=C\C/C=C\CCCCCCC)COC(OCC[N+](C)(C)C)C(=O)O. The highest BCUT2D eigenvalue weighted by Crippen LogP contribution is 2.18. The Hall–Kier alpha value is -3.53. The summed E-state index contributed by atoms with van der Waals surface area (Å²) in [5.41, 5.74) is 0. The first-order valence-corrected chi connectivity index (χ1v) is 36.8. The summed E-state index contributed by atoms with van der Waals surface area (Å²) in [5, 5.41) is 9.76. The Morgan fingerprint density at radius 2 is 0.655 bits per heavy atom. The van der Waals surface area contributed by atoms with Gasteiger partial charge in [0.15, 0.2) is 6.10 Å². The van der Waals surface area contributed by atoms with Gasteiger partial charge in [0, 0.05) is 12.8 Å². The summed E-state index contributed by atoms with van der Waals surface area (Å²) in [5.74, 6) is -1.99. The van der Waals surface area contributed by atoms with E-state index in [1.807, 2.05) is 21.1 Å². The molecule has 2 unspecified atom stereocenters. The van der Waals surface area contributed by atoms with Gasteiger partial charge in [-0.05, 0) is 89.9 Å². The molecule has 0 saturated heterocycles. The molecule has 0 rings (SSSR count). The van der Waals surface area contributed by atoms with Crippen LogP contribution in [0.4, 0.5) is 0 Å². The molecule has 0 radical (unpaired) electrons. The second-order valence-corrected chi connectivity index (χ2v) is 25.9. The maximum absolute atomic E-state index is 13.0. The molecule has 0 heterocycles. The van der Waals surface area contributed by atoms with Crippen molar-refractivity contribution in [3.63, 3.8) is 0 Å². The number of allylic oxidation sites excluding steroid dienone is 14. The lowest BCUT2D eigenvalue weighted by atomic mass is 10.0. The molecule has 0 amide bonds. The van der Waals surface area contributed by atoms with Gasteiger partial charge in [-0.15, -0.1) is 0 Å². The smallest absolute Gasteiger partial charge is 0.361 e. The van der Waals surface area contributed by atoms with Crippen molar-refractivity contribution < 1.29 is 42.9 Å². The molecule has 9 nitrogen and oxygen atoms in total. The first-order valence-electron chi connectivity index (χ1n) is 36.8. The summed E-state index contributed by atoms with van der Waals surface area (Å²) < 4.78 is 23.0. The number of quaternary nitrogens is 1. The maximum Gasteiger partial charge on any atom is 0.361 e. The first kappa shape index (κ1) is 83.5. The van der Waals surface area contributed by atoms with Gasteiger partial charge in [0.05, 0.1) is 34.4 Å². The van der Waals surface area contributed by atoms with Crippen LogP contribution in [0.3, 0.4) is 0 Å². The summed E-state index contributed by atoms with van der Waals surface area (Å²) >= 11 is 0. The van der Waals surface area contributed by atoms with Crippen LogP contribution in [0.1, 0.15) is 335 Å². The number of carboxylic acid groups (broad SMARTS) is 1. The van der Waals surface area contributed by atoms with E-state index in [0.29, 0.717) is 17.4 Å². The van der Waals surface area contributed by atoms with Crippen LogP contribution in [0, 0.1) is 0 Å². The van der Waals surface area contributed by atoms with Gasteiger partial charge in [0.2, 0.25) is 0 Å². The zero-order valence-corrected chi connectivity index (χ0v) is 57.7. The Bertz CT molecular complexity index is 1700. The molecule has 504 valence electrons. The van der Waals surface area contributed by atoms with Crippen LogP contribution in [-0.2, 0) is 33.3 Å². The third-order valence-electron chi connectivity index (χ3n) is 16.1. The summed E-state index contributed by atoms with van der Waals surface area (Å²) in [7, 11) is 5.99. The standard InChI is InChI=1S/C78H139NO8/c1-6-8-10-12-14-16-18-20-22-24-26-28-30-32-33-34-35-36-37-38-39-40-41-42-43-45-47-49-51-53-55-57-59-61-63-65-67-69-76(81)87-74(73-86-78(77(82)83)84-71-70-79(3,4)5)72-85-75(80)68-66-64-62-60-58-56-54-52-50-48-46-44-31-29-27-25-23-21-19-17-15-13-11-9-7-2/h8,10,14,16,19-22,25-28,32-33,74,78H,6-7,9,11-13,15,17-18,23-24,29-31,34-73H2,1-5H3/p+1/b10-8-,16-14-,21-19-,22-20-,27-25-,28-26-,33-32-. The number of rotatable bonds is 68. The van der Waals surface area contributed by atoms with Crippen molar-refractivity contribution in [3.05, 3.63) is 85.1 Å². The minimum Gasteiger partial charge on any atom is -0.477 e. The Labute approximate surface area is 538 Å². The molecule has 0 aromatic rings. The van der Waals surface area contributed by atoms with Gasteiger partial charge in [-0.25, -0.2) is 4.79 Å². The molecular formula is C78H140NO8+. The summed E-state index contributed by atoms with van der Waals surface area (Å²) in [6.07, 6.45) is 89.9. The quantitative estimate of drug-likeness (QED) is 0.0211. The molecule has 2 atom stereocenters.